The third kappa shape index (κ3) is 4.69. The molecule has 1 aromatic heterocycles. The zero-order valence-electron chi connectivity index (χ0n) is 14.4. The van der Waals surface area contributed by atoms with Gasteiger partial charge in [-0.1, -0.05) is 6.07 Å². The molecule has 1 heterocycles. The lowest BCUT2D eigenvalue weighted by Crippen LogP contribution is -2.34. The SMILES string of the molecule is CCOC(=O)CCN(C(=O)c1ccc(NC)cc1N)c1ccccn1. The fourth-order valence-corrected chi connectivity index (χ4v) is 2.33. The first-order chi connectivity index (χ1) is 12.1. The number of anilines is 3. The van der Waals surface area contributed by atoms with Gasteiger partial charge in [0, 0.05) is 31.2 Å². The molecule has 0 radical (unpaired) electrons. The van der Waals surface area contributed by atoms with E-state index in [9.17, 15) is 9.59 Å². The number of nitrogen functional groups attached to an aromatic ring is 1. The minimum absolute atomic E-state index is 0.0741. The van der Waals surface area contributed by atoms with Crippen LogP contribution in [0.2, 0.25) is 0 Å². The first kappa shape index (κ1) is 18.3. The van der Waals surface area contributed by atoms with Gasteiger partial charge in [-0.2, -0.15) is 0 Å². The Balaban J connectivity index is 2.28. The monoisotopic (exact) mass is 342 g/mol. The van der Waals surface area contributed by atoms with E-state index in [0.29, 0.717) is 23.7 Å². The van der Waals surface area contributed by atoms with E-state index >= 15 is 0 Å². The molecule has 0 aliphatic carbocycles. The summed E-state index contributed by atoms with van der Waals surface area (Å²) >= 11 is 0. The number of pyridine rings is 1. The first-order valence-electron chi connectivity index (χ1n) is 8.02. The molecule has 3 N–H and O–H groups in total. The third-order valence-electron chi connectivity index (χ3n) is 3.59. The van der Waals surface area contributed by atoms with Crippen LogP contribution in [0.3, 0.4) is 0 Å². The van der Waals surface area contributed by atoms with Crippen LogP contribution in [-0.4, -0.2) is 37.1 Å². The van der Waals surface area contributed by atoms with Crippen molar-refractivity contribution in [1.29, 1.82) is 0 Å². The third-order valence-corrected chi connectivity index (χ3v) is 3.59. The summed E-state index contributed by atoms with van der Waals surface area (Å²) in [5.74, 6) is -0.230. The second kappa shape index (κ2) is 8.68. The predicted molar refractivity (Wildman–Crippen MR) is 97.6 cm³/mol. The molecule has 0 unspecified atom stereocenters. The summed E-state index contributed by atoms with van der Waals surface area (Å²) in [4.78, 5) is 30.3. The van der Waals surface area contributed by atoms with Crippen molar-refractivity contribution in [3.8, 4) is 0 Å². The van der Waals surface area contributed by atoms with Crippen LogP contribution in [0.15, 0.2) is 42.6 Å². The van der Waals surface area contributed by atoms with Gasteiger partial charge in [0.2, 0.25) is 0 Å². The Kier molecular flexibility index (Phi) is 6.33. The summed E-state index contributed by atoms with van der Waals surface area (Å²) in [6.45, 7) is 2.19. The number of amides is 1. The standard InChI is InChI=1S/C18H22N4O3/c1-3-25-17(23)9-11-22(16-6-4-5-10-21-16)18(24)14-8-7-13(20-2)12-15(14)19/h4-8,10,12,20H,3,9,11,19H2,1-2H3. The first-order valence-corrected chi connectivity index (χ1v) is 8.02. The average Bonchev–Trinajstić information content (AvgIpc) is 2.62. The van der Waals surface area contributed by atoms with Crippen molar-refractivity contribution in [2.24, 2.45) is 0 Å². The Bertz CT molecular complexity index is 734. The molecule has 0 aliphatic rings. The molecule has 2 rings (SSSR count). The zero-order chi connectivity index (χ0) is 18.2. The van der Waals surface area contributed by atoms with Crippen molar-refractivity contribution >= 4 is 29.1 Å². The molecule has 0 atom stereocenters. The fraction of sp³-hybridized carbons (Fsp3) is 0.278. The lowest BCUT2D eigenvalue weighted by molar-refractivity contribution is -0.142. The van der Waals surface area contributed by atoms with Crippen molar-refractivity contribution < 1.29 is 14.3 Å². The molecule has 0 fully saturated rings. The van der Waals surface area contributed by atoms with Crippen LogP contribution in [0.25, 0.3) is 0 Å². The van der Waals surface area contributed by atoms with Crippen LogP contribution < -0.4 is 16.0 Å². The molecular weight excluding hydrogens is 320 g/mol. The Hall–Kier alpha value is -3.09. The summed E-state index contributed by atoms with van der Waals surface area (Å²) < 4.78 is 4.94. The van der Waals surface area contributed by atoms with Crippen molar-refractivity contribution in [3.63, 3.8) is 0 Å². The Labute approximate surface area is 146 Å². The molecule has 25 heavy (non-hydrogen) atoms. The van der Waals surface area contributed by atoms with Gasteiger partial charge < -0.3 is 15.8 Å². The minimum Gasteiger partial charge on any atom is -0.466 e. The van der Waals surface area contributed by atoms with Gasteiger partial charge in [0.1, 0.15) is 5.82 Å². The number of ether oxygens (including phenoxy) is 1. The number of aromatic nitrogens is 1. The number of nitrogens with one attached hydrogen (secondary N) is 1. The molecule has 2 aromatic rings. The molecule has 7 nitrogen and oxygen atoms in total. The lowest BCUT2D eigenvalue weighted by Gasteiger charge is -2.22. The number of hydrogen-bond acceptors (Lipinski definition) is 6. The van der Waals surface area contributed by atoms with Crippen molar-refractivity contribution in [2.75, 3.05) is 36.1 Å². The van der Waals surface area contributed by atoms with E-state index in [1.54, 1.807) is 56.6 Å². The fourth-order valence-electron chi connectivity index (χ4n) is 2.33. The molecule has 0 bridgehead atoms. The van der Waals surface area contributed by atoms with Crippen molar-refractivity contribution in [3.05, 3.63) is 48.2 Å². The molecule has 1 amide bonds. The largest absolute Gasteiger partial charge is 0.466 e. The number of esters is 1. The normalized spacial score (nSPS) is 10.2. The van der Waals surface area contributed by atoms with E-state index in [2.05, 4.69) is 10.3 Å². The summed E-state index contributed by atoms with van der Waals surface area (Å²) in [7, 11) is 1.77. The Morgan fingerprint density at radius 3 is 2.68 bits per heavy atom. The van der Waals surface area contributed by atoms with Gasteiger partial charge in [0.05, 0.1) is 18.6 Å². The van der Waals surface area contributed by atoms with E-state index in [1.165, 1.54) is 4.90 Å². The number of nitrogens with zero attached hydrogens (tertiary/aromatic N) is 2. The van der Waals surface area contributed by atoms with E-state index < -0.39 is 0 Å². The van der Waals surface area contributed by atoms with Crippen LogP contribution >= 0.6 is 0 Å². The maximum atomic E-state index is 13.0. The number of rotatable bonds is 7. The van der Waals surface area contributed by atoms with Gasteiger partial charge in [-0.3, -0.25) is 14.5 Å². The highest BCUT2D eigenvalue weighted by atomic mass is 16.5. The molecule has 1 aromatic carbocycles. The quantitative estimate of drug-likeness (QED) is 0.592. The van der Waals surface area contributed by atoms with Gasteiger partial charge >= 0.3 is 5.97 Å². The van der Waals surface area contributed by atoms with Crippen LogP contribution in [0.4, 0.5) is 17.2 Å². The number of benzene rings is 1. The van der Waals surface area contributed by atoms with Crippen LogP contribution in [0.1, 0.15) is 23.7 Å². The zero-order valence-corrected chi connectivity index (χ0v) is 14.4. The number of carbonyl (C=O) groups excluding carboxylic acids is 2. The molecule has 0 saturated heterocycles. The van der Waals surface area contributed by atoms with Gasteiger partial charge in [0.25, 0.3) is 5.91 Å². The summed E-state index contributed by atoms with van der Waals surface area (Å²) in [6.07, 6.45) is 1.66. The van der Waals surface area contributed by atoms with Crippen LogP contribution in [-0.2, 0) is 9.53 Å². The lowest BCUT2D eigenvalue weighted by atomic mass is 10.1. The molecular formula is C18H22N4O3. The van der Waals surface area contributed by atoms with E-state index in [0.717, 1.165) is 5.69 Å². The van der Waals surface area contributed by atoms with Gasteiger partial charge in [-0.25, -0.2) is 4.98 Å². The molecule has 132 valence electrons. The van der Waals surface area contributed by atoms with Crippen molar-refractivity contribution in [2.45, 2.75) is 13.3 Å². The van der Waals surface area contributed by atoms with E-state index in [1.807, 2.05) is 0 Å². The maximum absolute atomic E-state index is 13.0. The number of hydrogen-bond donors (Lipinski definition) is 2. The van der Waals surface area contributed by atoms with Gasteiger partial charge in [-0.05, 0) is 37.3 Å². The average molecular weight is 342 g/mol. The maximum Gasteiger partial charge on any atom is 0.307 e. The summed E-state index contributed by atoms with van der Waals surface area (Å²) in [6, 6.07) is 10.4. The summed E-state index contributed by atoms with van der Waals surface area (Å²) in [5.41, 5.74) is 7.54. The smallest absolute Gasteiger partial charge is 0.307 e. The van der Waals surface area contributed by atoms with Crippen molar-refractivity contribution in [1.82, 2.24) is 4.98 Å². The highest BCUT2D eigenvalue weighted by Gasteiger charge is 2.22. The number of carbonyl (C=O) groups is 2. The molecule has 0 spiro atoms. The number of nitrogens with two attached hydrogens (primary N) is 1. The van der Waals surface area contributed by atoms with E-state index in [4.69, 9.17) is 10.5 Å². The minimum atomic E-state index is -0.366. The predicted octanol–water partition coefficient (Wildman–Crippen LogP) is 2.31. The molecule has 0 saturated carbocycles. The Morgan fingerprint density at radius 2 is 2.08 bits per heavy atom. The second-order valence-corrected chi connectivity index (χ2v) is 5.25. The van der Waals surface area contributed by atoms with Crippen LogP contribution in [0.5, 0.6) is 0 Å². The van der Waals surface area contributed by atoms with Gasteiger partial charge in [0.15, 0.2) is 0 Å². The molecule has 7 heteroatoms. The second-order valence-electron chi connectivity index (χ2n) is 5.25. The summed E-state index contributed by atoms with van der Waals surface area (Å²) in [5, 5.41) is 2.97. The highest BCUT2D eigenvalue weighted by Crippen LogP contribution is 2.22. The Morgan fingerprint density at radius 1 is 1.28 bits per heavy atom. The highest BCUT2D eigenvalue weighted by molar-refractivity contribution is 6.09. The van der Waals surface area contributed by atoms with Crippen LogP contribution in [0, 0.1) is 0 Å². The van der Waals surface area contributed by atoms with E-state index in [-0.39, 0.29) is 24.8 Å². The molecule has 0 aliphatic heterocycles. The topological polar surface area (TPSA) is 97.5 Å². The van der Waals surface area contributed by atoms with Gasteiger partial charge in [-0.15, -0.1) is 0 Å².